The number of nitriles is 1. The number of H-pyrrole nitrogens is 1. The molecule has 37 heavy (non-hydrogen) atoms. The van der Waals surface area contributed by atoms with E-state index in [0.717, 1.165) is 32.4 Å². The first-order chi connectivity index (χ1) is 17.7. The third-order valence-electron chi connectivity index (χ3n) is 5.51. The van der Waals surface area contributed by atoms with Crippen LogP contribution in [0.25, 0.3) is 27.8 Å². The van der Waals surface area contributed by atoms with Crippen molar-refractivity contribution in [3.05, 3.63) is 108 Å². The lowest BCUT2D eigenvalue weighted by Crippen LogP contribution is -2.33. The zero-order chi connectivity index (χ0) is 26.3. The van der Waals surface area contributed by atoms with Crippen molar-refractivity contribution in [1.82, 2.24) is 19.7 Å². The van der Waals surface area contributed by atoms with Crippen LogP contribution >= 0.6 is 34.8 Å². The highest BCUT2D eigenvalue weighted by Crippen LogP contribution is 2.39. The fourth-order valence-corrected chi connectivity index (χ4v) is 4.42. The van der Waals surface area contributed by atoms with E-state index < -0.39 is 16.9 Å². The summed E-state index contributed by atoms with van der Waals surface area (Å²) < 4.78 is 6.82. The average molecular weight is 551 g/mol. The molecule has 0 fully saturated rings. The van der Waals surface area contributed by atoms with Crippen LogP contribution in [0.3, 0.4) is 0 Å². The largest absolute Gasteiger partial charge is 0.454 e. The van der Waals surface area contributed by atoms with Gasteiger partial charge in [0.05, 0.1) is 26.9 Å². The van der Waals surface area contributed by atoms with Crippen molar-refractivity contribution in [2.75, 3.05) is 0 Å². The lowest BCUT2D eigenvalue weighted by molar-refractivity contribution is 0.483. The van der Waals surface area contributed by atoms with Crippen molar-refractivity contribution in [3.8, 4) is 34.5 Å². The summed E-state index contributed by atoms with van der Waals surface area (Å²) in [6, 6.07) is 19.3. The van der Waals surface area contributed by atoms with Crippen LogP contribution in [0, 0.1) is 18.3 Å². The van der Waals surface area contributed by atoms with E-state index in [4.69, 9.17) is 49.8 Å². The van der Waals surface area contributed by atoms with Gasteiger partial charge in [-0.2, -0.15) is 9.94 Å². The molecule has 0 aliphatic heterocycles. The number of benzene rings is 3. The number of nitrogens with one attached hydrogen (secondary N) is 1. The molecule has 0 spiro atoms. The topological polar surface area (TPSA) is 114 Å². The summed E-state index contributed by atoms with van der Waals surface area (Å²) in [4.78, 5) is 30.6. The summed E-state index contributed by atoms with van der Waals surface area (Å²) >= 11 is 18.9. The van der Waals surface area contributed by atoms with Gasteiger partial charge in [-0.1, -0.05) is 46.9 Å². The van der Waals surface area contributed by atoms with E-state index in [1.54, 1.807) is 12.1 Å². The maximum Gasteiger partial charge on any atom is 0.349 e. The summed E-state index contributed by atoms with van der Waals surface area (Å²) in [5, 5.41) is 14.5. The first kappa shape index (κ1) is 24.5. The van der Waals surface area contributed by atoms with E-state index in [2.05, 4.69) is 5.10 Å². The molecule has 11 heteroatoms. The van der Waals surface area contributed by atoms with Crippen LogP contribution in [0.2, 0.25) is 15.1 Å². The molecule has 0 bridgehead atoms. The molecular formula is C26H14Cl3N5O3. The van der Waals surface area contributed by atoms with Crippen molar-refractivity contribution in [2.24, 2.45) is 0 Å². The molecule has 0 atom stereocenters. The number of aryl methyl sites for hydroxylation is 1. The van der Waals surface area contributed by atoms with Gasteiger partial charge in [-0.3, -0.25) is 9.78 Å². The number of hydrogen-bond donors (Lipinski definition) is 1. The molecule has 2 heterocycles. The standard InChI is InChI=1S/C26H14Cl3N5O3/c1-13-8-22(14-2-4-15(27)5-3-14)31-21-7-6-17(11-18(13)21)37-24-19(28)9-16(10-20(24)29)34-26(36)32-25(35)23(12-30)33-34/h2-11H,1H3,(H,32,35,36). The Morgan fingerprint density at radius 2 is 1.68 bits per heavy atom. The second kappa shape index (κ2) is 9.71. The third kappa shape index (κ3) is 4.80. The molecule has 0 saturated carbocycles. The number of rotatable bonds is 4. The van der Waals surface area contributed by atoms with Crippen LogP contribution in [-0.4, -0.2) is 19.7 Å². The highest BCUT2D eigenvalue weighted by Gasteiger charge is 2.16. The van der Waals surface area contributed by atoms with E-state index >= 15 is 0 Å². The molecule has 5 rings (SSSR count). The molecule has 0 aliphatic rings. The molecule has 0 unspecified atom stereocenters. The van der Waals surface area contributed by atoms with Crippen LogP contribution in [0.5, 0.6) is 11.5 Å². The van der Waals surface area contributed by atoms with Gasteiger partial charge in [0, 0.05) is 16.0 Å². The average Bonchev–Trinajstić information content (AvgIpc) is 2.87. The Hall–Kier alpha value is -4.16. The monoisotopic (exact) mass is 549 g/mol. The van der Waals surface area contributed by atoms with E-state index in [0.29, 0.717) is 10.8 Å². The Bertz CT molecular complexity index is 1830. The van der Waals surface area contributed by atoms with Gasteiger partial charge in [-0.05, 0) is 61.0 Å². The quantitative estimate of drug-likeness (QED) is 0.291. The van der Waals surface area contributed by atoms with E-state index in [1.807, 2.05) is 54.4 Å². The Morgan fingerprint density at radius 3 is 2.35 bits per heavy atom. The van der Waals surface area contributed by atoms with Gasteiger partial charge in [0.1, 0.15) is 11.8 Å². The summed E-state index contributed by atoms with van der Waals surface area (Å²) in [5.41, 5.74) is 1.47. The van der Waals surface area contributed by atoms with Crippen LogP contribution in [0.1, 0.15) is 11.3 Å². The molecule has 182 valence electrons. The third-order valence-corrected chi connectivity index (χ3v) is 6.32. The van der Waals surface area contributed by atoms with Gasteiger partial charge in [0.25, 0.3) is 5.56 Å². The van der Waals surface area contributed by atoms with E-state index in [9.17, 15) is 9.59 Å². The number of aromatic amines is 1. The Balaban J connectivity index is 1.49. The summed E-state index contributed by atoms with van der Waals surface area (Å²) in [6.07, 6.45) is 0. The second-order valence-corrected chi connectivity index (χ2v) is 9.23. The maximum absolute atomic E-state index is 12.2. The maximum atomic E-state index is 12.2. The van der Waals surface area contributed by atoms with Crippen molar-refractivity contribution in [1.29, 1.82) is 5.26 Å². The normalized spacial score (nSPS) is 10.9. The van der Waals surface area contributed by atoms with Gasteiger partial charge in [0.2, 0.25) is 5.69 Å². The molecule has 2 aromatic heterocycles. The number of aromatic nitrogens is 4. The zero-order valence-corrected chi connectivity index (χ0v) is 21.2. The molecule has 0 amide bonds. The smallest absolute Gasteiger partial charge is 0.349 e. The van der Waals surface area contributed by atoms with Gasteiger partial charge in [0.15, 0.2) is 5.75 Å². The molecule has 0 radical (unpaired) electrons. The number of hydrogen-bond acceptors (Lipinski definition) is 6. The fourth-order valence-electron chi connectivity index (χ4n) is 3.74. The van der Waals surface area contributed by atoms with Crippen LogP contribution in [0.15, 0.2) is 70.3 Å². The minimum atomic E-state index is -0.887. The number of fused-ring (bicyclic) bond motifs is 1. The Kier molecular flexibility index (Phi) is 6.44. The first-order valence-corrected chi connectivity index (χ1v) is 11.9. The first-order valence-electron chi connectivity index (χ1n) is 10.7. The summed E-state index contributed by atoms with van der Waals surface area (Å²) in [5.74, 6) is 0.632. The number of halogens is 3. The van der Waals surface area contributed by atoms with Gasteiger partial charge < -0.3 is 4.74 Å². The minimum absolute atomic E-state index is 0.0916. The molecule has 3 aromatic carbocycles. The molecule has 0 saturated heterocycles. The Labute approximate surface area is 224 Å². The zero-order valence-electron chi connectivity index (χ0n) is 18.9. The fraction of sp³-hybridized carbons (Fsp3) is 0.0385. The van der Waals surface area contributed by atoms with Crippen molar-refractivity contribution < 1.29 is 4.74 Å². The number of nitrogens with zero attached hydrogens (tertiary/aromatic N) is 4. The van der Waals surface area contributed by atoms with E-state index in [-0.39, 0.29) is 21.5 Å². The molecule has 5 aromatic rings. The lowest BCUT2D eigenvalue weighted by atomic mass is 10.0. The predicted molar refractivity (Wildman–Crippen MR) is 142 cm³/mol. The van der Waals surface area contributed by atoms with E-state index in [1.165, 1.54) is 12.1 Å². The van der Waals surface area contributed by atoms with Crippen molar-refractivity contribution >= 4 is 45.7 Å². The Morgan fingerprint density at radius 1 is 0.973 bits per heavy atom. The minimum Gasteiger partial charge on any atom is -0.454 e. The summed E-state index contributed by atoms with van der Waals surface area (Å²) in [6.45, 7) is 1.98. The van der Waals surface area contributed by atoms with Crippen LogP contribution in [0.4, 0.5) is 0 Å². The van der Waals surface area contributed by atoms with Crippen LogP contribution in [-0.2, 0) is 0 Å². The predicted octanol–water partition coefficient (Wildman–Crippen LogP) is 6.07. The molecule has 8 nitrogen and oxygen atoms in total. The molecule has 0 aliphatic carbocycles. The SMILES string of the molecule is Cc1cc(-c2ccc(Cl)cc2)nc2ccc(Oc3c(Cl)cc(-n4nc(C#N)c(=O)[nH]c4=O)cc3Cl)cc12. The highest BCUT2D eigenvalue weighted by atomic mass is 35.5. The lowest BCUT2D eigenvalue weighted by Gasteiger charge is -2.13. The highest BCUT2D eigenvalue weighted by molar-refractivity contribution is 6.37. The van der Waals surface area contributed by atoms with Gasteiger partial charge >= 0.3 is 5.69 Å². The summed E-state index contributed by atoms with van der Waals surface area (Å²) in [7, 11) is 0. The number of pyridine rings is 1. The molecular weight excluding hydrogens is 537 g/mol. The van der Waals surface area contributed by atoms with Gasteiger partial charge in [-0.15, -0.1) is 5.10 Å². The number of ether oxygens (including phenoxy) is 1. The van der Waals surface area contributed by atoms with Gasteiger partial charge in [-0.25, -0.2) is 9.78 Å². The van der Waals surface area contributed by atoms with Crippen molar-refractivity contribution in [3.63, 3.8) is 0 Å². The van der Waals surface area contributed by atoms with Crippen molar-refractivity contribution in [2.45, 2.75) is 6.92 Å². The molecule has 1 N–H and O–H groups in total. The van der Waals surface area contributed by atoms with Crippen LogP contribution < -0.4 is 16.0 Å². The second-order valence-electron chi connectivity index (χ2n) is 7.98.